The first kappa shape index (κ1) is 15.2. The number of aliphatic carboxylic acids is 1. The van der Waals surface area contributed by atoms with Crippen LogP contribution in [0.4, 0.5) is 0 Å². The lowest BCUT2D eigenvalue weighted by atomic mass is 9.81. The van der Waals surface area contributed by atoms with Gasteiger partial charge >= 0.3 is 5.97 Å². The number of aliphatic hydroxyl groups is 1. The molecule has 0 radical (unpaired) electrons. The molecule has 1 unspecified atom stereocenters. The maximum Gasteiger partial charge on any atom is 0.335 e. The number of hydrogen-bond acceptors (Lipinski definition) is 2. The Morgan fingerprint density at radius 1 is 1.44 bits per heavy atom. The summed E-state index contributed by atoms with van der Waals surface area (Å²) < 4.78 is 1.45. The molecule has 4 heteroatoms. The fourth-order valence-corrected chi connectivity index (χ4v) is 2.91. The molecule has 98 valence electrons. The maximum atomic E-state index is 11.3. The summed E-state index contributed by atoms with van der Waals surface area (Å²) in [4.78, 5) is 11.3. The van der Waals surface area contributed by atoms with Gasteiger partial charge in [0.2, 0.25) is 0 Å². The zero-order chi connectivity index (χ0) is 13.8. The number of carboxylic acids is 1. The van der Waals surface area contributed by atoms with Gasteiger partial charge in [-0.2, -0.15) is 0 Å². The van der Waals surface area contributed by atoms with Crippen LogP contribution in [-0.4, -0.2) is 16.2 Å². The third-order valence-corrected chi connectivity index (χ3v) is 3.61. The van der Waals surface area contributed by atoms with E-state index in [9.17, 15) is 15.0 Å². The highest BCUT2D eigenvalue weighted by Crippen LogP contribution is 2.36. The largest absolute Gasteiger partial charge is 0.478 e. The van der Waals surface area contributed by atoms with Crippen molar-refractivity contribution in [2.75, 3.05) is 0 Å². The Hall–Kier alpha value is -0.880. The highest BCUT2D eigenvalue weighted by Gasteiger charge is 2.37. The molecular weight excluding hydrogens is 343 g/mol. The molecule has 1 rings (SSSR count). The predicted molar refractivity (Wildman–Crippen MR) is 79.7 cm³/mol. The van der Waals surface area contributed by atoms with Crippen molar-refractivity contribution >= 4 is 28.6 Å². The summed E-state index contributed by atoms with van der Waals surface area (Å²) in [6.45, 7) is 3.80. The summed E-state index contributed by atoms with van der Waals surface area (Å²) in [5.41, 5.74) is 0.162. The molecule has 1 aromatic carbocycles. The Morgan fingerprint density at radius 2 is 2.06 bits per heavy atom. The normalized spacial score (nSPS) is 15.2. The van der Waals surface area contributed by atoms with Gasteiger partial charge in [0.25, 0.3) is 0 Å². The first-order chi connectivity index (χ1) is 8.47. The lowest BCUT2D eigenvalue weighted by Crippen LogP contribution is -2.32. The van der Waals surface area contributed by atoms with Gasteiger partial charge in [-0.1, -0.05) is 60.2 Å². The molecule has 1 aromatic rings. The van der Waals surface area contributed by atoms with Crippen LogP contribution in [0.1, 0.15) is 30.9 Å². The standard InChI is InChI=1S/C14H17IO3/c1-3-8-14(18,12(9-15)13(16)17)11-7-5-4-6-10(11)2/h4-7,9,18H,3,8H2,1-2H3,(H,16,17). The van der Waals surface area contributed by atoms with Crippen LogP contribution in [0.2, 0.25) is 0 Å². The topological polar surface area (TPSA) is 57.5 Å². The summed E-state index contributed by atoms with van der Waals surface area (Å²) in [6.07, 6.45) is 1.09. The minimum atomic E-state index is -1.42. The lowest BCUT2D eigenvalue weighted by Gasteiger charge is -2.30. The Labute approximate surface area is 121 Å². The van der Waals surface area contributed by atoms with Gasteiger partial charge in [-0.05, 0) is 28.6 Å². The van der Waals surface area contributed by atoms with E-state index >= 15 is 0 Å². The van der Waals surface area contributed by atoms with E-state index < -0.39 is 11.6 Å². The van der Waals surface area contributed by atoms with Gasteiger partial charge in [-0.15, -0.1) is 0 Å². The SMILES string of the molecule is CCCC(O)(C(=CI)C(=O)O)c1ccccc1C. The van der Waals surface area contributed by atoms with Crippen molar-refractivity contribution in [3.63, 3.8) is 0 Å². The lowest BCUT2D eigenvalue weighted by molar-refractivity contribution is -0.135. The summed E-state index contributed by atoms with van der Waals surface area (Å²) >= 11 is 1.87. The number of carboxylic acid groups (broad SMARTS) is 1. The van der Waals surface area contributed by atoms with Crippen molar-refractivity contribution in [3.8, 4) is 0 Å². The Morgan fingerprint density at radius 3 is 2.50 bits per heavy atom. The van der Waals surface area contributed by atoms with Crippen molar-refractivity contribution in [2.24, 2.45) is 0 Å². The second-order valence-electron chi connectivity index (χ2n) is 4.25. The maximum absolute atomic E-state index is 11.3. The van der Waals surface area contributed by atoms with Crippen molar-refractivity contribution < 1.29 is 15.0 Å². The van der Waals surface area contributed by atoms with Crippen molar-refractivity contribution in [3.05, 3.63) is 45.0 Å². The van der Waals surface area contributed by atoms with Gasteiger partial charge in [0.1, 0.15) is 5.60 Å². The minimum absolute atomic E-state index is 0.0271. The third-order valence-electron chi connectivity index (χ3n) is 2.99. The predicted octanol–water partition coefficient (Wildman–Crippen LogP) is 3.39. The van der Waals surface area contributed by atoms with Gasteiger partial charge in [-0.25, -0.2) is 4.79 Å². The molecule has 1 atom stereocenters. The smallest absolute Gasteiger partial charge is 0.335 e. The van der Waals surface area contributed by atoms with Crippen LogP contribution in [0.5, 0.6) is 0 Å². The van der Waals surface area contributed by atoms with Crippen molar-refractivity contribution in [1.82, 2.24) is 0 Å². The monoisotopic (exact) mass is 360 g/mol. The molecule has 0 aromatic heterocycles. The summed E-state index contributed by atoms with van der Waals surface area (Å²) in [5, 5.41) is 20.1. The van der Waals surface area contributed by atoms with Crippen LogP contribution in [0.25, 0.3) is 0 Å². The highest BCUT2D eigenvalue weighted by molar-refractivity contribution is 14.1. The van der Waals surface area contributed by atoms with Gasteiger partial charge in [-0.3, -0.25) is 0 Å². The Kier molecular flexibility index (Phi) is 5.34. The second kappa shape index (κ2) is 6.33. The molecule has 18 heavy (non-hydrogen) atoms. The molecule has 0 aliphatic carbocycles. The van der Waals surface area contributed by atoms with Crippen LogP contribution < -0.4 is 0 Å². The Bertz CT molecular complexity index is 468. The number of aryl methyl sites for hydroxylation is 1. The first-order valence-electron chi connectivity index (χ1n) is 5.80. The molecule has 3 nitrogen and oxygen atoms in total. The second-order valence-corrected chi connectivity index (χ2v) is 4.88. The first-order valence-corrected chi connectivity index (χ1v) is 7.04. The number of rotatable bonds is 5. The Balaban J connectivity index is 3.40. The quantitative estimate of drug-likeness (QED) is 0.625. The summed E-state index contributed by atoms with van der Waals surface area (Å²) in [7, 11) is 0. The number of hydrogen-bond donors (Lipinski definition) is 2. The van der Waals surface area contributed by atoms with Gasteiger partial charge in [0.15, 0.2) is 0 Å². The average Bonchev–Trinajstić information content (AvgIpc) is 2.30. The van der Waals surface area contributed by atoms with Gasteiger partial charge in [0, 0.05) is 0 Å². The molecule has 0 amide bonds. The third kappa shape index (κ3) is 2.92. The number of carbonyl (C=O) groups is 1. The molecule has 0 aliphatic rings. The molecule has 0 aliphatic heterocycles. The van der Waals surface area contributed by atoms with Crippen LogP contribution in [0.15, 0.2) is 33.9 Å². The van der Waals surface area contributed by atoms with E-state index in [1.165, 1.54) is 4.08 Å². The molecule has 0 saturated carbocycles. The zero-order valence-corrected chi connectivity index (χ0v) is 12.6. The minimum Gasteiger partial charge on any atom is -0.478 e. The summed E-state index contributed by atoms with van der Waals surface area (Å²) in [5.74, 6) is -1.08. The van der Waals surface area contributed by atoms with Crippen molar-refractivity contribution in [1.29, 1.82) is 0 Å². The molecule has 0 saturated heterocycles. The van der Waals surface area contributed by atoms with E-state index in [1.54, 1.807) is 6.07 Å². The van der Waals surface area contributed by atoms with Gasteiger partial charge in [0.05, 0.1) is 5.57 Å². The van der Waals surface area contributed by atoms with Crippen LogP contribution in [0, 0.1) is 6.92 Å². The molecule has 2 N–H and O–H groups in total. The van der Waals surface area contributed by atoms with Gasteiger partial charge < -0.3 is 10.2 Å². The van der Waals surface area contributed by atoms with E-state index in [1.807, 2.05) is 54.6 Å². The van der Waals surface area contributed by atoms with E-state index in [0.29, 0.717) is 18.4 Å². The van der Waals surface area contributed by atoms with E-state index in [2.05, 4.69) is 0 Å². The molecular formula is C14H17IO3. The molecule has 0 fully saturated rings. The van der Waals surface area contributed by atoms with Crippen LogP contribution in [-0.2, 0) is 10.4 Å². The number of halogens is 1. The van der Waals surface area contributed by atoms with Crippen LogP contribution >= 0.6 is 22.6 Å². The van der Waals surface area contributed by atoms with Crippen molar-refractivity contribution in [2.45, 2.75) is 32.3 Å². The van der Waals surface area contributed by atoms with E-state index in [0.717, 1.165) is 5.56 Å². The molecule has 0 spiro atoms. The highest BCUT2D eigenvalue weighted by atomic mass is 127. The fourth-order valence-electron chi connectivity index (χ4n) is 2.13. The summed E-state index contributed by atoms with van der Waals surface area (Å²) in [6, 6.07) is 7.35. The van der Waals surface area contributed by atoms with Crippen LogP contribution in [0.3, 0.4) is 0 Å². The molecule has 0 heterocycles. The average molecular weight is 360 g/mol. The number of benzene rings is 1. The van der Waals surface area contributed by atoms with E-state index in [4.69, 9.17) is 0 Å². The zero-order valence-electron chi connectivity index (χ0n) is 10.5. The van der Waals surface area contributed by atoms with E-state index in [-0.39, 0.29) is 5.57 Å². The fraction of sp³-hybridized carbons (Fsp3) is 0.357. The molecule has 0 bridgehead atoms.